The second kappa shape index (κ2) is 8.67. The van der Waals surface area contributed by atoms with Crippen molar-refractivity contribution >= 4 is 5.91 Å². The van der Waals surface area contributed by atoms with Crippen LogP contribution in [0.5, 0.6) is 0 Å². The first kappa shape index (κ1) is 19.6. The molecule has 3 rings (SSSR count). The Kier molecular flexibility index (Phi) is 6.29. The largest absolute Gasteiger partial charge is 0.340 e. The first-order chi connectivity index (χ1) is 12.9. The topological polar surface area (TPSA) is 55.5 Å². The lowest BCUT2D eigenvalue weighted by atomic mass is 10.00. The molecule has 146 valence electrons. The molecule has 1 aliphatic rings. The monoisotopic (exact) mass is 369 g/mol. The van der Waals surface area contributed by atoms with Gasteiger partial charge in [0.2, 0.25) is 5.91 Å². The summed E-state index contributed by atoms with van der Waals surface area (Å²) in [4.78, 5) is 19.4. The number of aromatic amines is 1. The van der Waals surface area contributed by atoms with Crippen molar-refractivity contribution in [2.45, 2.75) is 25.4 Å². The molecule has 0 bridgehead atoms. The Morgan fingerprint density at radius 3 is 2.63 bits per heavy atom. The number of carbonyl (C=O) groups excluding carboxylic acids is 1. The molecule has 1 aliphatic heterocycles. The van der Waals surface area contributed by atoms with Gasteiger partial charge in [-0.25, -0.2) is 0 Å². The van der Waals surface area contributed by atoms with E-state index < -0.39 is 0 Å². The Balaban J connectivity index is 1.61. The lowest BCUT2D eigenvalue weighted by Gasteiger charge is -2.26. The summed E-state index contributed by atoms with van der Waals surface area (Å²) in [6.45, 7) is 2.39. The van der Waals surface area contributed by atoms with Crippen LogP contribution in [0.15, 0.2) is 36.4 Å². The zero-order chi connectivity index (χ0) is 19.4. The number of nitrogens with one attached hydrogen (secondary N) is 1. The number of H-pyrrole nitrogens is 1. The summed E-state index contributed by atoms with van der Waals surface area (Å²) in [6, 6.07) is 12.6. The maximum Gasteiger partial charge on any atom is 0.227 e. The number of nitrogens with zero attached hydrogens (tertiary/aromatic N) is 4. The van der Waals surface area contributed by atoms with Crippen molar-refractivity contribution in [3.63, 3.8) is 0 Å². The highest BCUT2D eigenvalue weighted by Crippen LogP contribution is 2.22. The molecule has 2 atom stereocenters. The van der Waals surface area contributed by atoms with E-state index in [1.54, 1.807) is 0 Å². The third kappa shape index (κ3) is 4.96. The van der Waals surface area contributed by atoms with Gasteiger partial charge in [0.05, 0.1) is 23.9 Å². The second-order valence-electron chi connectivity index (χ2n) is 7.95. The smallest absolute Gasteiger partial charge is 0.227 e. The minimum atomic E-state index is 0.0569. The van der Waals surface area contributed by atoms with Crippen LogP contribution in [-0.4, -0.2) is 78.1 Å². The van der Waals surface area contributed by atoms with Crippen molar-refractivity contribution < 1.29 is 4.79 Å². The number of aromatic nitrogens is 2. The van der Waals surface area contributed by atoms with E-state index in [4.69, 9.17) is 0 Å². The number of benzene rings is 1. The molecule has 0 unspecified atom stereocenters. The van der Waals surface area contributed by atoms with Gasteiger partial charge in [-0.3, -0.25) is 9.89 Å². The number of rotatable bonds is 5. The zero-order valence-corrected chi connectivity index (χ0v) is 16.9. The summed E-state index contributed by atoms with van der Waals surface area (Å²) in [6.07, 6.45) is 2.00. The minimum absolute atomic E-state index is 0.0569. The number of hydrogen-bond donors (Lipinski definition) is 1. The van der Waals surface area contributed by atoms with Crippen LogP contribution in [0.1, 0.15) is 18.5 Å². The van der Waals surface area contributed by atoms with Gasteiger partial charge in [0, 0.05) is 31.7 Å². The molecule has 1 saturated heterocycles. The third-order valence-electron chi connectivity index (χ3n) is 5.47. The number of hydrogen-bond acceptors (Lipinski definition) is 4. The SMILES string of the molecule is CN1C[C@H](C(=O)N(C)Cc2cc(-c3ccccc3)n[nH]2)CC[C@H](N(C)C)C1. The van der Waals surface area contributed by atoms with Gasteiger partial charge in [0.15, 0.2) is 0 Å². The molecule has 6 heteroatoms. The lowest BCUT2D eigenvalue weighted by molar-refractivity contribution is -0.135. The quantitative estimate of drug-likeness (QED) is 0.879. The molecule has 0 aliphatic carbocycles. The van der Waals surface area contributed by atoms with Crippen LogP contribution in [0.4, 0.5) is 0 Å². The van der Waals surface area contributed by atoms with Crippen molar-refractivity contribution in [3.8, 4) is 11.3 Å². The maximum absolute atomic E-state index is 13.0. The fraction of sp³-hybridized carbons (Fsp3) is 0.524. The first-order valence-electron chi connectivity index (χ1n) is 9.63. The van der Waals surface area contributed by atoms with E-state index in [9.17, 15) is 4.79 Å². The number of likely N-dealkylation sites (N-methyl/N-ethyl adjacent to an activating group) is 2. The normalized spacial score (nSPS) is 21.2. The average molecular weight is 370 g/mol. The summed E-state index contributed by atoms with van der Waals surface area (Å²) in [7, 11) is 8.24. The number of carbonyl (C=O) groups is 1. The Labute approximate surface area is 162 Å². The summed E-state index contributed by atoms with van der Waals surface area (Å²) in [5, 5.41) is 7.47. The van der Waals surface area contributed by atoms with E-state index >= 15 is 0 Å². The summed E-state index contributed by atoms with van der Waals surface area (Å²) < 4.78 is 0. The predicted octanol–water partition coefficient (Wildman–Crippen LogP) is 2.31. The standard InChI is InChI=1S/C21H31N5O/c1-24(2)19-11-10-17(13-25(3)15-19)21(27)26(4)14-18-12-20(23-22-18)16-8-6-5-7-9-16/h5-9,12,17,19H,10-11,13-15H2,1-4H3,(H,22,23)/t17-,19+/m1/s1. The molecule has 1 amide bonds. The minimum Gasteiger partial charge on any atom is -0.340 e. The van der Waals surface area contributed by atoms with Crippen molar-refractivity contribution in [2.24, 2.45) is 5.92 Å². The van der Waals surface area contributed by atoms with Crippen LogP contribution in [0.2, 0.25) is 0 Å². The van der Waals surface area contributed by atoms with Crippen LogP contribution in [0.3, 0.4) is 0 Å². The number of amides is 1. The average Bonchev–Trinajstić information content (AvgIpc) is 3.02. The van der Waals surface area contributed by atoms with E-state index in [-0.39, 0.29) is 11.8 Å². The van der Waals surface area contributed by atoms with E-state index in [0.717, 1.165) is 42.9 Å². The fourth-order valence-corrected chi connectivity index (χ4v) is 3.85. The van der Waals surface area contributed by atoms with Gasteiger partial charge in [-0.15, -0.1) is 0 Å². The lowest BCUT2D eigenvalue weighted by Crippen LogP contribution is -2.39. The molecule has 1 aromatic carbocycles. The molecule has 2 aromatic rings. The fourth-order valence-electron chi connectivity index (χ4n) is 3.85. The Bertz CT molecular complexity index is 742. The summed E-state index contributed by atoms with van der Waals surface area (Å²) in [5.41, 5.74) is 2.95. The predicted molar refractivity (Wildman–Crippen MR) is 108 cm³/mol. The van der Waals surface area contributed by atoms with Crippen LogP contribution in [-0.2, 0) is 11.3 Å². The molecule has 6 nitrogen and oxygen atoms in total. The van der Waals surface area contributed by atoms with E-state index in [1.165, 1.54) is 0 Å². The third-order valence-corrected chi connectivity index (χ3v) is 5.47. The Hall–Kier alpha value is -2.18. The summed E-state index contributed by atoms with van der Waals surface area (Å²) in [5.74, 6) is 0.276. The van der Waals surface area contributed by atoms with Crippen molar-refractivity contribution in [1.29, 1.82) is 0 Å². The molecule has 1 aromatic heterocycles. The van der Waals surface area contributed by atoms with Gasteiger partial charge in [-0.1, -0.05) is 30.3 Å². The van der Waals surface area contributed by atoms with Gasteiger partial charge in [-0.05, 0) is 40.1 Å². The molecular formula is C21H31N5O. The molecular weight excluding hydrogens is 338 g/mol. The van der Waals surface area contributed by atoms with Gasteiger partial charge in [-0.2, -0.15) is 5.10 Å². The van der Waals surface area contributed by atoms with E-state index in [1.807, 2.05) is 48.3 Å². The van der Waals surface area contributed by atoms with Crippen LogP contribution >= 0.6 is 0 Å². The zero-order valence-electron chi connectivity index (χ0n) is 16.9. The van der Waals surface area contributed by atoms with E-state index in [0.29, 0.717) is 12.6 Å². The van der Waals surface area contributed by atoms with Gasteiger partial charge in [0.25, 0.3) is 0 Å². The molecule has 0 radical (unpaired) electrons. The molecule has 2 heterocycles. The van der Waals surface area contributed by atoms with Crippen molar-refractivity contribution in [3.05, 3.63) is 42.1 Å². The highest BCUT2D eigenvalue weighted by Gasteiger charge is 2.29. The van der Waals surface area contributed by atoms with Crippen LogP contribution in [0, 0.1) is 5.92 Å². The van der Waals surface area contributed by atoms with E-state index in [2.05, 4.69) is 41.1 Å². The molecule has 1 fully saturated rings. The van der Waals surface area contributed by atoms with Crippen LogP contribution in [0.25, 0.3) is 11.3 Å². The van der Waals surface area contributed by atoms with Crippen molar-refractivity contribution in [1.82, 2.24) is 24.9 Å². The van der Waals surface area contributed by atoms with Gasteiger partial charge < -0.3 is 14.7 Å². The summed E-state index contributed by atoms with van der Waals surface area (Å²) >= 11 is 0. The molecule has 27 heavy (non-hydrogen) atoms. The van der Waals surface area contributed by atoms with Gasteiger partial charge in [0.1, 0.15) is 0 Å². The molecule has 1 N–H and O–H groups in total. The maximum atomic E-state index is 13.0. The Morgan fingerprint density at radius 2 is 1.93 bits per heavy atom. The Morgan fingerprint density at radius 1 is 1.19 bits per heavy atom. The molecule has 0 saturated carbocycles. The highest BCUT2D eigenvalue weighted by atomic mass is 16.2. The van der Waals surface area contributed by atoms with Crippen molar-refractivity contribution in [2.75, 3.05) is 41.3 Å². The second-order valence-corrected chi connectivity index (χ2v) is 7.95. The van der Waals surface area contributed by atoms with Crippen LogP contribution < -0.4 is 0 Å². The van der Waals surface area contributed by atoms with Gasteiger partial charge >= 0.3 is 0 Å². The highest BCUT2D eigenvalue weighted by molar-refractivity contribution is 5.78. The molecule has 0 spiro atoms. The number of likely N-dealkylation sites (tertiary alicyclic amines) is 1. The first-order valence-corrected chi connectivity index (χ1v) is 9.63.